The third-order valence-electron chi connectivity index (χ3n) is 4.84. The minimum atomic E-state index is -0.0847. The largest absolute Gasteiger partial charge is 0.353 e. The Bertz CT molecular complexity index is 781. The number of nitrogens with one attached hydrogen (secondary N) is 1. The summed E-state index contributed by atoms with van der Waals surface area (Å²) in [6.07, 6.45) is 2.58. The Hall–Kier alpha value is -2.41. The number of nitrogens with zero attached hydrogens (tertiary/aromatic N) is 3. The molecule has 0 radical (unpaired) electrons. The van der Waals surface area contributed by atoms with Crippen LogP contribution in [0.25, 0.3) is 0 Å². The molecular formula is C21H28N4O2S. The Kier molecular flexibility index (Phi) is 6.67. The minimum Gasteiger partial charge on any atom is -0.353 e. The standard InChI is InChI=1S/C21H28N4O2S/c1-15(2)13-16(3)23-20(26)17-6-7-19(22-14-17)24-8-10-25(11-9-24)21(27)18-5-4-12-28-18/h4-7,12,14-16H,8-11,13H2,1-3H3,(H,23,26). The summed E-state index contributed by atoms with van der Waals surface area (Å²) in [5, 5.41) is 4.95. The van der Waals surface area contributed by atoms with Crippen LogP contribution in [0, 0.1) is 5.92 Å². The van der Waals surface area contributed by atoms with Crippen LogP contribution in [0.3, 0.4) is 0 Å². The molecule has 150 valence electrons. The predicted octanol–water partition coefficient (Wildman–Crippen LogP) is 3.27. The zero-order chi connectivity index (χ0) is 20.1. The van der Waals surface area contributed by atoms with E-state index in [1.807, 2.05) is 41.5 Å². The third kappa shape index (κ3) is 5.10. The van der Waals surface area contributed by atoms with Gasteiger partial charge in [-0.15, -0.1) is 11.3 Å². The van der Waals surface area contributed by atoms with Gasteiger partial charge < -0.3 is 15.1 Å². The monoisotopic (exact) mass is 400 g/mol. The first kappa shape index (κ1) is 20.3. The van der Waals surface area contributed by atoms with Gasteiger partial charge in [-0.1, -0.05) is 19.9 Å². The van der Waals surface area contributed by atoms with Gasteiger partial charge in [0.2, 0.25) is 0 Å². The molecule has 2 amide bonds. The van der Waals surface area contributed by atoms with E-state index >= 15 is 0 Å². The highest BCUT2D eigenvalue weighted by molar-refractivity contribution is 7.12. The molecule has 3 rings (SSSR count). The molecule has 7 heteroatoms. The fourth-order valence-corrected chi connectivity index (χ4v) is 4.17. The Labute approximate surface area is 170 Å². The minimum absolute atomic E-state index is 0.0847. The molecule has 0 aromatic carbocycles. The highest BCUT2D eigenvalue weighted by Gasteiger charge is 2.23. The van der Waals surface area contributed by atoms with Gasteiger partial charge in [-0.3, -0.25) is 9.59 Å². The number of carbonyl (C=O) groups is 2. The lowest BCUT2D eigenvalue weighted by molar-refractivity contribution is 0.0751. The van der Waals surface area contributed by atoms with E-state index in [9.17, 15) is 9.59 Å². The molecule has 1 aliphatic rings. The van der Waals surface area contributed by atoms with E-state index in [0.29, 0.717) is 24.6 Å². The van der Waals surface area contributed by atoms with Crippen LogP contribution in [0.2, 0.25) is 0 Å². The average Bonchev–Trinajstić information content (AvgIpc) is 3.22. The summed E-state index contributed by atoms with van der Waals surface area (Å²) in [4.78, 5) is 34.1. The van der Waals surface area contributed by atoms with Gasteiger partial charge in [0, 0.05) is 38.4 Å². The predicted molar refractivity (Wildman–Crippen MR) is 113 cm³/mol. The summed E-state index contributed by atoms with van der Waals surface area (Å²) in [5.74, 6) is 1.40. The van der Waals surface area contributed by atoms with E-state index in [2.05, 4.69) is 29.0 Å². The van der Waals surface area contributed by atoms with Crippen molar-refractivity contribution in [1.82, 2.24) is 15.2 Å². The van der Waals surface area contributed by atoms with Crippen molar-refractivity contribution >= 4 is 29.0 Å². The first-order valence-electron chi connectivity index (χ1n) is 9.78. The lowest BCUT2D eigenvalue weighted by atomic mass is 10.1. The van der Waals surface area contributed by atoms with E-state index in [4.69, 9.17) is 0 Å². The van der Waals surface area contributed by atoms with E-state index in [1.54, 1.807) is 6.20 Å². The lowest BCUT2D eigenvalue weighted by Crippen LogP contribution is -2.48. The van der Waals surface area contributed by atoms with Crippen molar-refractivity contribution < 1.29 is 9.59 Å². The number of hydrogen-bond donors (Lipinski definition) is 1. The summed E-state index contributed by atoms with van der Waals surface area (Å²) < 4.78 is 0. The quantitative estimate of drug-likeness (QED) is 0.808. The van der Waals surface area contributed by atoms with Gasteiger partial charge in [0.05, 0.1) is 10.4 Å². The molecule has 0 saturated carbocycles. The molecular weight excluding hydrogens is 372 g/mol. The van der Waals surface area contributed by atoms with E-state index in [-0.39, 0.29) is 17.9 Å². The molecule has 1 saturated heterocycles. The van der Waals surface area contributed by atoms with Crippen molar-refractivity contribution in [2.45, 2.75) is 33.2 Å². The van der Waals surface area contributed by atoms with Crippen LogP contribution in [0.4, 0.5) is 5.82 Å². The second-order valence-corrected chi connectivity index (χ2v) is 8.61. The maximum absolute atomic E-state index is 12.4. The number of amides is 2. The SMILES string of the molecule is CC(C)CC(C)NC(=O)c1ccc(N2CCN(C(=O)c3cccs3)CC2)nc1. The highest BCUT2D eigenvalue weighted by atomic mass is 32.1. The number of hydrogen-bond acceptors (Lipinski definition) is 5. The molecule has 28 heavy (non-hydrogen) atoms. The van der Waals surface area contributed by atoms with Crippen molar-refractivity contribution in [1.29, 1.82) is 0 Å². The number of pyridine rings is 1. The van der Waals surface area contributed by atoms with Gasteiger partial charge in [-0.2, -0.15) is 0 Å². The zero-order valence-corrected chi connectivity index (χ0v) is 17.5. The van der Waals surface area contributed by atoms with E-state index in [0.717, 1.165) is 30.2 Å². The highest BCUT2D eigenvalue weighted by Crippen LogP contribution is 2.17. The summed E-state index contributed by atoms with van der Waals surface area (Å²) in [6.45, 7) is 9.14. The molecule has 2 aromatic heterocycles. The second-order valence-electron chi connectivity index (χ2n) is 7.67. The number of thiophene rings is 1. The van der Waals surface area contributed by atoms with Crippen LogP contribution in [0.5, 0.6) is 0 Å². The van der Waals surface area contributed by atoms with Gasteiger partial charge >= 0.3 is 0 Å². The number of rotatable bonds is 6. The number of aromatic nitrogens is 1. The summed E-state index contributed by atoms with van der Waals surface area (Å²) in [5.41, 5.74) is 0.575. The first-order chi connectivity index (χ1) is 13.4. The van der Waals surface area contributed by atoms with Crippen LogP contribution in [0.15, 0.2) is 35.8 Å². The lowest BCUT2D eigenvalue weighted by Gasteiger charge is -2.35. The van der Waals surface area contributed by atoms with Crippen LogP contribution in [0.1, 0.15) is 47.2 Å². The summed E-state index contributed by atoms with van der Waals surface area (Å²) >= 11 is 1.48. The molecule has 1 aliphatic heterocycles. The molecule has 1 atom stereocenters. The van der Waals surface area contributed by atoms with Gasteiger partial charge in [-0.05, 0) is 42.8 Å². The van der Waals surface area contributed by atoms with Crippen LogP contribution < -0.4 is 10.2 Å². The molecule has 1 fully saturated rings. The van der Waals surface area contributed by atoms with Gasteiger partial charge in [0.15, 0.2) is 0 Å². The Morgan fingerprint density at radius 3 is 2.46 bits per heavy atom. The Morgan fingerprint density at radius 2 is 1.89 bits per heavy atom. The normalized spacial score (nSPS) is 15.6. The van der Waals surface area contributed by atoms with Crippen molar-refractivity contribution in [3.63, 3.8) is 0 Å². The Morgan fingerprint density at radius 1 is 1.14 bits per heavy atom. The topological polar surface area (TPSA) is 65.5 Å². The molecule has 1 N–H and O–H groups in total. The third-order valence-corrected chi connectivity index (χ3v) is 5.69. The molecule has 3 heterocycles. The van der Waals surface area contributed by atoms with Crippen molar-refractivity contribution in [2.75, 3.05) is 31.1 Å². The fraction of sp³-hybridized carbons (Fsp3) is 0.476. The van der Waals surface area contributed by atoms with Gasteiger partial charge in [-0.25, -0.2) is 4.98 Å². The molecule has 1 unspecified atom stereocenters. The number of carbonyl (C=O) groups excluding carboxylic acids is 2. The second kappa shape index (κ2) is 9.19. The molecule has 6 nitrogen and oxygen atoms in total. The van der Waals surface area contributed by atoms with Crippen molar-refractivity contribution in [3.05, 3.63) is 46.3 Å². The number of piperazine rings is 1. The maximum atomic E-state index is 12.4. The smallest absolute Gasteiger partial charge is 0.264 e. The average molecular weight is 401 g/mol. The Balaban J connectivity index is 1.53. The molecule has 2 aromatic rings. The van der Waals surface area contributed by atoms with Crippen molar-refractivity contribution in [3.8, 4) is 0 Å². The van der Waals surface area contributed by atoms with Crippen LogP contribution in [-0.4, -0.2) is 53.9 Å². The van der Waals surface area contributed by atoms with E-state index in [1.165, 1.54) is 11.3 Å². The maximum Gasteiger partial charge on any atom is 0.264 e. The molecule has 0 bridgehead atoms. The first-order valence-corrected chi connectivity index (χ1v) is 10.7. The van der Waals surface area contributed by atoms with E-state index < -0.39 is 0 Å². The van der Waals surface area contributed by atoms with Crippen LogP contribution >= 0.6 is 11.3 Å². The van der Waals surface area contributed by atoms with Crippen molar-refractivity contribution in [2.24, 2.45) is 5.92 Å². The molecule has 0 aliphatic carbocycles. The van der Waals surface area contributed by atoms with Gasteiger partial charge in [0.1, 0.15) is 5.82 Å². The van der Waals surface area contributed by atoms with Crippen LogP contribution in [-0.2, 0) is 0 Å². The van der Waals surface area contributed by atoms with Gasteiger partial charge in [0.25, 0.3) is 11.8 Å². The summed E-state index contributed by atoms with van der Waals surface area (Å²) in [7, 11) is 0. The zero-order valence-electron chi connectivity index (χ0n) is 16.7. The summed E-state index contributed by atoms with van der Waals surface area (Å²) in [6, 6.07) is 7.62. The molecule has 0 spiro atoms. The fourth-order valence-electron chi connectivity index (χ4n) is 3.48. The number of anilines is 1.